The zero-order chi connectivity index (χ0) is 6.69. The molecule has 2 heteroatoms. The molecule has 0 aromatic rings. The number of alkyl halides is 1. The topological polar surface area (TPSA) is 12.0 Å². The van der Waals surface area contributed by atoms with Crippen LogP contribution < -0.4 is 5.32 Å². The predicted molar refractivity (Wildman–Crippen MR) is 41.0 cm³/mol. The van der Waals surface area contributed by atoms with Crippen LogP contribution in [-0.4, -0.2) is 18.5 Å². The third-order valence-corrected chi connectivity index (χ3v) is 2.57. The van der Waals surface area contributed by atoms with E-state index >= 15 is 0 Å². The molecule has 0 unspecified atom stereocenters. The van der Waals surface area contributed by atoms with Crippen molar-refractivity contribution in [3.63, 3.8) is 0 Å². The predicted octanol–water partition coefficient (Wildman–Crippen LogP) is 1.76. The van der Waals surface area contributed by atoms with E-state index in [4.69, 9.17) is 11.6 Å². The van der Waals surface area contributed by atoms with Crippen LogP contribution in [-0.2, 0) is 0 Å². The van der Waals surface area contributed by atoms with Gasteiger partial charge in [-0.1, -0.05) is 12.8 Å². The van der Waals surface area contributed by atoms with Gasteiger partial charge in [0.15, 0.2) is 0 Å². The van der Waals surface area contributed by atoms with Crippen LogP contribution in [0.3, 0.4) is 0 Å². The summed E-state index contributed by atoms with van der Waals surface area (Å²) in [7, 11) is 1.99. The summed E-state index contributed by atoms with van der Waals surface area (Å²) < 4.78 is 0. The van der Waals surface area contributed by atoms with Gasteiger partial charge in [-0.25, -0.2) is 0 Å². The largest absolute Gasteiger partial charge is 0.316 e. The highest BCUT2D eigenvalue weighted by atomic mass is 35.5. The molecule has 0 aliphatic heterocycles. The van der Waals surface area contributed by atoms with Gasteiger partial charge in [-0.3, -0.25) is 0 Å². The molecule has 0 aromatic carbocycles. The highest BCUT2D eigenvalue weighted by Crippen LogP contribution is 2.22. The Labute approximate surface area is 61.8 Å². The molecule has 54 valence electrons. The molecule has 1 fully saturated rings. The molecule has 1 rings (SSSR count). The van der Waals surface area contributed by atoms with E-state index in [1.54, 1.807) is 0 Å². The maximum atomic E-state index is 6.02. The van der Waals surface area contributed by atoms with Crippen molar-refractivity contribution in [2.45, 2.75) is 37.1 Å². The van der Waals surface area contributed by atoms with Crippen LogP contribution in [0, 0.1) is 0 Å². The van der Waals surface area contributed by atoms with Gasteiger partial charge in [0.25, 0.3) is 0 Å². The van der Waals surface area contributed by atoms with Crippen molar-refractivity contribution in [2.24, 2.45) is 0 Å². The first kappa shape index (κ1) is 7.36. The highest BCUT2D eigenvalue weighted by Gasteiger charge is 2.20. The molecule has 0 radical (unpaired) electrons. The fraction of sp³-hybridized carbons (Fsp3) is 1.00. The Hall–Kier alpha value is 0.250. The summed E-state index contributed by atoms with van der Waals surface area (Å²) in [5.41, 5.74) is 0. The third kappa shape index (κ3) is 1.84. The quantitative estimate of drug-likeness (QED) is 0.558. The minimum Gasteiger partial charge on any atom is -0.316 e. The van der Waals surface area contributed by atoms with Gasteiger partial charge in [0.05, 0.1) is 0 Å². The number of hydrogen-bond donors (Lipinski definition) is 1. The van der Waals surface area contributed by atoms with Crippen molar-refractivity contribution in [1.29, 1.82) is 0 Å². The minimum absolute atomic E-state index is 0.378. The van der Waals surface area contributed by atoms with Gasteiger partial charge < -0.3 is 5.32 Å². The lowest BCUT2D eigenvalue weighted by molar-refractivity contribution is 0.401. The monoisotopic (exact) mass is 147 g/mol. The van der Waals surface area contributed by atoms with Crippen molar-refractivity contribution >= 4 is 11.6 Å². The second-order valence-corrected chi connectivity index (χ2v) is 3.26. The number of halogens is 1. The third-order valence-electron chi connectivity index (χ3n) is 2.05. The number of nitrogens with one attached hydrogen (secondary N) is 1. The molecule has 2 atom stereocenters. The Kier molecular flexibility index (Phi) is 2.80. The minimum atomic E-state index is 0.378. The first-order valence-corrected chi connectivity index (χ1v) is 4.09. The summed E-state index contributed by atoms with van der Waals surface area (Å²) in [4.78, 5) is 0. The molecule has 0 bridgehead atoms. The van der Waals surface area contributed by atoms with E-state index in [1.165, 1.54) is 25.7 Å². The fourth-order valence-corrected chi connectivity index (χ4v) is 1.82. The highest BCUT2D eigenvalue weighted by molar-refractivity contribution is 6.21. The van der Waals surface area contributed by atoms with Crippen molar-refractivity contribution in [2.75, 3.05) is 7.05 Å². The van der Waals surface area contributed by atoms with Gasteiger partial charge in [0.2, 0.25) is 0 Å². The molecule has 0 aromatic heterocycles. The summed E-state index contributed by atoms with van der Waals surface area (Å²) in [6.07, 6.45) is 5.10. The second-order valence-electron chi connectivity index (χ2n) is 2.70. The summed E-state index contributed by atoms with van der Waals surface area (Å²) in [5, 5.41) is 3.60. The van der Waals surface area contributed by atoms with E-state index in [2.05, 4.69) is 5.32 Å². The maximum absolute atomic E-state index is 6.02. The average molecular weight is 148 g/mol. The van der Waals surface area contributed by atoms with Gasteiger partial charge >= 0.3 is 0 Å². The molecule has 0 spiro atoms. The molecular formula is C7H14ClN. The van der Waals surface area contributed by atoms with Crippen LogP contribution in [0.5, 0.6) is 0 Å². The number of rotatable bonds is 1. The Morgan fingerprint density at radius 2 is 2.00 bits per heavy atom. The normalized spacial score (nSPS) is 36.7. The van der Waals surface area contributed by atoms with Gasteiger partial charge in [-0.05, 0) is 19.9 Å². The van der Waals surface area contributed by atoms with Gasteiger partial charge in [0.1, 0.15) is 0 Å². The Morgan fingerprint density at radius 1 is 1.33 bits per heavy atom. The fourth-order valence-electron chi connectivity index (χ4n) is 1.41. The van der Waals surface area contributed by atoms with E-state index in [0.717, 1.165) is 0 Å². The zero-order valence-corrected chi connectivity index (χ0v) is 6.62. The molecule has 9 heavy (non-hydrogen) atoms. The van der Waals surface area contributed by atoms with Gasteiger partial charge in [-0.2, -0.15) is 0 Å². The Balaban J connectivity index is 2.30. The maximum Gasteiger partial charge on any atom is 0.0489 e. The Bertz CT molecular complexity index is 85.0. The van der Waals surface area contributed by atoms with Crippen molar-refractivity contribution in [1.82, 2.24) is 5.32 Å². The standard InChI is InChI=1S/C7H14ClN/c1-9-7-5-3-2-4-6(7)8/h6-7,9H,2-5H2,1H3/t6-,7+/m0/s1. The lowest BCUT2D eigenvalue weighted by Crippen LogP contribution is -2.36. The molecule has 0 amide bonds. The van der Waals surface area contributed by atoms with Crippen LogP contribution in [0.15, 0.2) is 0 Å². The smallest absolute Gasteiger partial charge is 0.0489 e. The summed E-state index contributed by atoms with van der Waals surface area (Å²) in [6.45, 7) is 0. The second kappa shape index (κ2) is 3.43. The average Bonchev–Trinajstić information content (AvgIpc) is 1.89. The molecule has 0 heterocycles. The lowest BCUT2D eigenvalue weighted by Gasteiger charge is -2.26. The van der Waals surface area contributed by atoms with Crippen molar-refractivity contribution in [3.05, 3.63) is 0 Å². The van der Waals surface area contributed by atoms with Crippen LogP contribution in [0.1, 0.15) is 25.7 Å². The van der Waals surface area contributed by atoms with Crippen LogP contribution in [0.2, 0.25) is 0 Å². The zero-order valence-electron chi connectivity index (χ0n) is 5.86. The molecule has 0 saturated heterocycles. The SMILES string of the molecule is CN[C@@H]1CCCC[C@@H]1Cl. The van der Waals surface area contributed by atoms with E-state index in [9.17, 15) is 0 Å². The first-order valence-electron chi connectivity index (χ1n) is 3.66. The number of hydrogen-bond acceptors (Lipinski definition) is 1. The van der Waals surface area contributed by atoms with E-state index in [-0.39, 0.29) is 0 Å². The molecular weight excluding hydrogens is 134 g/mol. The molecule has 1 aliphatic carbocycles. The van der Waals surface area contributed by atoms with E-state index in [0.29, 0.717) is 11.4 Å². The molecule has 1 aliphatic rings. The van der Waals surface area contributed by atoms with Gasteiger partial charge in [0, 0.05) is 11.4 Å². The summed E-state index contributed by atoms with van der Waals surface area (Å²) in [5.74, 6) is 0. The van der Waals surface area contributed by atoms with Crippen LogP contribution in [0.25, 0.3) is 0 Å². The van der Waals surface area contributed by atoms with Crippen LogP contribution in [0.4, 0.5) is 0 Å². The molecule has 1 N–H and O–H groups in total. The van der Waals surface area contributed by atoms with Crippen molar-refractivity contribution in [3.8, 4) is 0 Å². The molecule has 1 saturated carbocycles. The summed E-state index contributed by atoms with van der Waals surface area (Å²) in [6, 6.07) is 0.570. The van der Waals surface area contributed by atoms with E-state index in [1.807, 2.05) is 7.05 Å². The summed E-state index contributed by atoms with van der Waals surface area (Å²) >= 11 is 6.02. The van der Waals surface area contributed by atoms with Crippen LogP contribution >= 0.6 is 11.6 Å². The van der Waals surface area contributed by atoms with E-state index < -0.39 is 0 Å². The first-order chi connectivity index (χ1) is 4.34. The molecule has 1 nitrogen and oxygen atoms in total. The van der Waals surface area contributed by atoms with Gasteiger partial charge in [-0.15, -0.1) is 11.6 Å². The Morgan fingerprint density at radius 3 is 2.44 bits per heavy atom. The van der Waals surface area contributed by atoms with Crippen molar-refractivity contribution < 1.29 is 0 Å². The lowest BCUT2D eigenvalue weighted by atomic mass is 9.95.